The van der Waals surface area contributed by atoms with Gasteiger partial charge in [0.2, 0.25) is 0 Å². The molecular formula is C13H18N4O. The zero-order chi connectivity index (χ0) is 13.0. The van der Waals surface area contributed by atoms with Gasteiger partial charge >= 0.3 is 0 Å². The molecule has 96 valence electrons. The fourth-order valence-corrected chi connectivity index (χ4v) is 2.19. The van der Waals surface area contributed by atoms with E-state index in [1.807, 2.05) is 0 Å². The summed E-state index contributed by atoms with van der Waals surface area (Å²) in [5.41, 5.74) is 0.393. The molecule has 2 unspecified atom stereocenters. The minimum absolute atomic E-state index is 0.206. The van der Waals surface area contributed by atoms with E-state index in [0.29, 0.717) is 11.5 Å². The lowest BCUT2D eigenvalue weighted by atomic mass is 10.1. The molecule has 0 radical (unpaired) electrons. The third-order valence-electron chi connectivity index (χ3n) is 3.23. The molecule has 0 amide bonds. The zero-order valence-electron chi connectivity index (χ0n) is 10.8. The SMILES string of the molecule is CCC1CN(c2nccnc2C#N)CC(CC)O1. The Bertz CT molecular complexity index is 431. The Labute approximate surface area is 107 Å². The molecule has 0 aliphatic carbocycles. The van der Waals surface area contributed by atoms with Crippen LogP contribution in [0.3, 0.4) is 0 Å². The molecule has 0 spiro atoms. The van der Waals surface area contributed by atoms with Crippen LogP contribution in [0.15, 0.2) is 12.4 Å². The first-order valence-corrected chi connectivity index (χ1v) is 6.40. The summed E-state index contributed by atoms with van der Waals surface area (Å²) >= 11 is 0. The van der Waals surface area contributed by atoms with Crippen LogP contribution in [-0.4, -0.2) is 35.3 Å². The summed E-state index contributed by atoms with van der Waals surface area (Å²) in [6.07, 6.45) is 5.53. The van der Waals surface area contributed by atoms with Crippen LogP contribution in [0.2, 0.25) is 0 Å². The van der Waals surface area contributed by atoms with Gasteiger partial charge in [0.15, 0.2) is 11.5 Å². The van der Waals surface area contributed by atoms with Crippen LogP contribution in [0.25, 0.3) is 0 Å². The molecule has 2 atom stereocenters. The highest BCUT2D eigenvalue weighted by Crippen LogP contribution is 2.22. The number of aromatic nitrogens is 2. The fourth-order valence-electron chi connectivity index (χ4n) is 2.19. The number of ether oxygens (including phenoxy) is 1. The number of hydrogen-bond acceptors (Lipinski definition) is 5. The van der Waals surface area contributed by atoms with Crippen LogP contribution in [0.1, 0.15) is 32.4 Å². The van der Waals surface area contributed by atoms with Gasteiger partial charge in [-0.25, -0.2) is 9.97 Å². The third-order valence-corrected chi connectivity index (χ3v) is 3.23. The summed E-state index contributed by atoms with van der Waals surface area (Å²) < 4.78 is 5.94. The maximum absolute atomic E-state index is 9.08. The lowest BCUT2D eigenvalue weighted by molar-refractivity contribution is -0.0288. The van der Waals surface area contributed by atoms with E-state index in [0.717, 1.165) is 25.9 Å². The van der Waals surface area contributed by atoms with Gasteiger partial charge in [-0.2, -0.15) is 5.26 Å². The van der Waals surface area contributed by atoms with Crippen LogP contribution in [0.5, 0.6) is 0 Å². The van der Waals surface area contributed by atoms with E-state index in [-0.39, 0.29) is 12.2 Å². The van der Waals surface area contributed by atoms with Crippen molar-refractivity contribution in [2.24, 2.45) is 0 Å². The molecule has 0 N–H and O–H groups in total. The summed E-state index contributed by atoms with van der Waals surface area (Å²) in [7, 11) is 0. The van der Waals surface area contributed by atoms with Crippen molar-refractivity contribution in [1.82, 2.24) is 9.97 Å². The van der Waals surface area contributed by atoms with Crippen LogP contribution in [0, 0.1) is 11.3 Å². The number of anilines is 1. The molecule has 1 fully saturated rings. The normalized spacial score (nSPS) is 23.7. The minimum Gasteiger partial charge on any atom is -0.371 e. The van der Waals surface area contributed by atoms with Crippen molar-refractivity contribution in [2.45, 2.75) is 38.9 Å². The number of nitriles is 1. The summed E-state index contributed by atoms with van der Waals surface area (Å²) in [6.45, 7) is 5.78. The lowest BCUT2D eigenvalue weighted by Gasteiger charge is -2.38. The van der Waals surface area contributed by atoms with Gasteiger partial charge in [-0.3, -0.25) is 0 Å². The van der Waals surface area contributed by atoms with Crippen LogP contribution in [0.4, 0.5) is 5.82 Å². The predicted molar refractivity (Wildman–Crippen MR) is 68.2 cm³/mol. The predicted octanol–water partition coefficient (Wildman–Crippen LogP) is 1.74. The van der Waals surface area contributed by atoms with Gasteiger partial charge in [0, 0.05) is 25.5 Å². The first-order valence-electron chi connectivity index (χ1n) is 6.40. The Kier molecular flexibility index (Phi) is 4.11. The van der Waals surface area contributed by atoms with E-state index in [9.17, 15) is 0 Å². The molecule has 0 bridgehead atoms. The molecule has 1 aromatic heterocycles. The van der Waals surface area contributed by atoms with Gasteiger partial charge in [0.25, 0.3) is 0 Å². The Balaban J connectivity index is 2.23. The van der Waals surface area contributed by atoms with Gasteiger partial charge < -0.3 is 9.64 Å². The van der Waals surface area contributed by atoms with Crippen molar-refractivity contribution < 1.29 is 4.74 Å². The van der Waals surface area contributed by atoms with Crippen molar-refractivity contribution in [3.8, 4) is 6.07 Å². The number of morpholine rings is 1. The second kappa shape index (κ2) is 5.78. The Hall–Kier alpha value is -1.67. The van der Waals surface area contributed by atoms with Gasteiger partial charge in [0.1, 0.15) is 6.07 Å². The fraction of sp³-hybridized carbons (Fsp3) is 0.615. The summed E-state index contributed by atoms with van der Waals surface area (Å²) in [5, 5.41) is 9.08. The maximum atomic E-state index is 9.08. The van der Waals surface area contributed by atoms with Crippen molar-refractivity contribution in [2.75, 3.05) is 18.0 Å². The van der Waals surface area contributed by atoms with E-state index in [1.54, 1.807) is 12.4 Å². The smallest absolute Gasteiger partial charge is 0.183 e. The lowest BCUT2D eigenvalue weighted by Crippen LogP contribution is -2.48. The standard InChI is InChI=1S/C13H18N4O/c1-3-10-8-17(9-11(4-2)18-10)13-12(7-14)15-5-6-16-13/h5-6,10-11H,3-4,8-9H2,1-2H3. The number of nitrogens with zero attached hydrogens (tertiary/aromatic N) is 4. The van der Waals surface area contributed by atoms with E-state index in [1.165, 1.54) is 0 Å². The Morgan fingerprint density at radius 3 is 2.44 bits per heavy atom. The molecule has 5 heteroatoms. The van der Waals surface area contributed by atoms with Gasteiger partial charge in [0.05, 0.1) is 12.2 Å². The minimum atomic E-state index is 0.206. The molecule has 0 aromatic carbocycles. The van der Waals surface area contributed by atoms with E-state index in [2.05, 4.69) is 34.8 Å². The van der Waals surface area contributed by atoms with E-state index < -0.39 is 0 Å². The molecule has 0 saturated carbocycles. The first-order chi connectivity index (χ1) is 8.78. The molecule has 1 aromatic rings. The third kappa shape index (κ3) is 2.59. The summed E-state index contributed by atoms with van der Waals surface area (Å²) in [4.78, 5) is 10.5. The quantitative estimate of drug-likeness (QED) is 0.813. The maximum Gasteiger partial charge on any atom is 0.183 e. The first kappa shape index (κ1) is 12.8. The average Bonchev–Trinajstić information content (AvgIpc) is 2.46. The van der Waals surface area contributed by atoms with Crippen LogP contribution in [-0.2, 0) is 4.74 Å². The van der Waals surface area contributed by atoms with Gasteiger partial charge in [-0.05, 0) is 12.8 Å². The summed E-state index contributed by atoms with van der Waals surface area (Å²) in [6, 6.07) is 2.10. The van der Waals surface area contributed by atoms with Crippen molar-refractivity contribution in [3.05, 3.63) is 18.1 Å². The molecule has 2 heterocycles. The summed E-state index contributed by atoms with van der Waals surface area (Å²) in [5.74, 6) is 0.681. The largest absolute Gasteiger partial charge is 0.371 e. The molecule has 18 heavy (non-hydrogen) atoms. The van der Waals surface area contributed by atoms with Crippen molar-refractivity contribution in [3.63, 3.8) is 0 Å². The Morgan fingerprint density at radius 1 is 1.28 bits per heavy atom. The highest BCUT2D eigenvalue weighted by molar-refractivity contribution is 5.49. The number of hydrogen-bond donors (Lipinski definition) is 0. The zero-order valence-corrected chi connectivity index (χ0v) is 10.8. The second-order valence-corrected chi connectivity index (χ2v) is 4.44. The second-order valence-electron chi connectivity index (χ2n) is 4.44. The van der Waals surface area contributed by atoms with E-state index in [4.69, 9.17) is 10.00 Å². The monoisotopic (exact) mass is 246 g/mol. The molecule has 2 rings (SSSR count). The molecule has 1 aliphatic rings. The van der Waals surface area contributed by atoms with Crippen LogP contribution >= 0.6 is 0 Å². The highest BCUT2D eigenvalue weighted by atomic mass is 16.5. The van der Waals surface area contributed by atoms with Crippen molar-refractivity contribution in [1.29, 1.82) is 5.26 Å². The Morgan fingerprint density at radius 2 is 1.89 bits per heavy atom. The van der Waals surface area contributed by atoms with Gasteiger partial charge in [-0.1, -0.05) is 13.8 Å². The average molecular weight is 246 g/mol. The molecule has 1 saturated heterocycles. The van der Waals surface area contributed by atoms with Crippen molar-refractivity contribution >= 4 is 5.82 Å². The van der Waals surface area contributed by atoms with Gasteiger partial charge in [-0.15, -0.1) is 0 Å². The molecule has 1 aliphatic heterocycles. The topological polar surface area (TPSA) is 62.0 Å². The van der Waals surface area contributed by atoms with Crippen LogP contribution < -0.4 is 4.90 Å². The highest BCUT2D eigenvalue weighted by Gasteiger charge is 2.28. The molecular weight excluding hydrogens is 228 g/mol. The molecule has 5 nitrogen and oxygen atoms in total. The number of rotatable bonds is 3. The van der Waals surface area contributed by atoms with E-state index >= 15 is 0 Å².